The smallest absolute Gasteiger partial charge is 0.241 e. The van der Waals surface area contributed by atoms with E-state index >= 15 is 0 Å². The molecule has 1 aromatic carbocycles. The maximum Gasteiger partial charge on any atom is 0.241 e. The Balaban J connectivity index is 1.81. The summed E-state index contributed by atoms with van der Waals surface area (Å²) < 4.78 is 14.0. The van der Waals surface area contributed by atoms with Crippen molar-refractivity contribution in [1.82, 2.24) is 10.2 Å². The van der Waals surface area contributed by atoms with Gasteiger partial charge in [0.05, 0.1) is 6.04 Å². The molecule has 2 atom stereocenters. The van der Waals surface area contributed by atoms with E-state index in [0.717, 1.165) is 25.3 Å². The van der Waals surface area contributed by atoms with E-state index in [9.17, 15) is 9.18 Å². The summed E-state index contributed by atoms with van der Waals surface area (Å²) in [5, 5.41) is 3.28. The molecule has 2 fully saturated rings. The van der Waals surface area contributed by atoms with E-state index in [0.29, 0.717) is 5.56 Å². The SMILES string of the molecule is CCC1NC(c2ccccc2F)N(CCC2CC2)C1=O. The predicted molar refractivity (Wildman–Crippen MR) is 75.4 cm³/mol. The first-order valence-electron chi connectivity index (χ1n) is 7.51. The van der Waals surface area contributed by atoms with E-state index in [1.54, 1.807) is 12.1 Å². The number of halogens is 1. The molecule has 3 nitrogen and oxygen atoms in total. The van der Waals surface area contributed by atoms with Gasteiger partial charge in [0.2, 0.25) is 5.91 Å². The van der Waals surface area contributed by atoms with Gasteiger partial charge in [0.15, 0.2) is 0 Å². The minimum Gasteiger partial charge on any atom is -0.321 e. The molecule has 20 heavy (non-hydrogen) atoms. The maximum absolute atomic E-state index is 14.0. The third-order valence-corrected chi connectivity index (χ3v) is 4.34. The fraction of sp³-hybridized carbons (Fsp3) is 0.562. The number of carbonyl (C=O) groups excluding carboxylic acids is 1. The second-order valence-corrected chi connectivity index (χ2v) is 5.82. The summed E-state index contributed by atoms with van der Waals surface area (Å²) in [5.41, 5.74) is 0.576. The number of nitrogens with one attached hydrogen (secondary N) is 1. The Hall–Kier alpha value is -1.42. The Morgan fingerprint density at radius 1 is 1.35 bits per heavy atom. The highest BCUT2D eigenvalue weighted by molar-refractivity contribution is 5.84. The summed E-state index contributed by atoms with van der Waals surface area (Å²) in [6.07, 6.45) is 4.01. The van der Waals surface area contributed by atoms with Crippen LogP contribution < -0.4 is 5.32 Å². The predicted octanol–water partition coefficient (Wildman–Crippen LogP) is 2.83. The molecule has 4 heteroatoms. The average molecular weight is 276 g/mol. The van der Waals surface area contributed by atoms with Crippen molar-refractivity contribution in [1.29, 1.82) is 0 Å². The van der Waals surface area contributed by atoms with Gasteiger partial charge in [-0.1, -0.05) is 38.0 Å². The van der Waals surface area contributed by atoms with E-state index in [4.69, 9.17) is 0 Å². The second kappa shape index (κ2) is 5.52. The van der Waals surface area contributed by atoms with Crippen molar-refractivity contribution in [2.24, 2.45) is 5.92 Å². The Morgan fingerprint density at radius 3 is 2.75 bits per heavy atom. The molecule has 1 saturated carbocycles. The minimum absolute atomic E-state index is 0.112. The first-order valence-corrected chi connectivity index (χ1v) is 7.51. The lowest BCUT2D eigenvalue weighted by Crippen LogP contribution is -2.32. The summed E-state index contributed by atoms with van der Waals surface area (Å²) in [6.45, 7) is 2.71. The van der Waals surface area contributed by atoms with Gasteiger partial charge in [-0.15, -0.1) is 0 Å². The van der Waals surface area contributed by atoms with E-state index < -0.39 is 0 Å². The quantitative estimate of drug-likeness (QED) is 0.897. The molecule has 1 N–H and O–H groups in total. The molecule has 1 saturated heterocycles. The fourth-order valence-electron chi connectivity index (χ4n) is 2.89. The lowest BCUT2D eigenvalue weighted by Gasteiger charge is -2.24. The van der Waals surface area contributed by atoms with Crippen molar-refractivity contribution >= 4 is 5.91 Å². The fourth-order valence-corrected chi connectivity index (χ4v) is 2.89. The maximum atomic E-state index is 14.0. The number of hydrogen-bond donors (Lipinski definition) is 1. The van der Waals surface area contributed by atoms with E-state index in [2.05, 4.69) is 5.32 Å². The van der Waals surface area contributed by atoms with Crippen LogP contribution in [0.5, 0.6) is 0 Å². The topological polar surface area (TPSA) is 32.3 Å². The Bertz CT molecular complexity index is 501. The minimum atomic E-state index is -0.313. The van der Waals surface area contributed by atoms with E-state index in [1.165, 1.54) is 18.9 Å². The number of nitrogens with zero attached hydrogens (tertiary/aromatic N) is 1. The summed E-state index contributed by atoms with van der Waals surface area (Å²) in [7, 11) is 0. The zero-order valence-corrected chi connectivity index (χ0v) is 11.8. The Labute approximate surface area is 119 Å². The number of rotatable bonds is 5. The molecule has 1 aliphatic carbocycles. The molecule has 2 unspecified atom stereocenters. The third-order valence-electron chi connectivity index (χ3n) is 4.34. The lowest BCUT2D eigenvalue weighted by molar-refractivity contribution is -0.130. The normalized spacial score (nSPS) is 26.3. The first kappa shape index (κ1) is 13.6. The van der Waals surface area contributed by atoms with Gasteiger partial charge in [0, 0.05) is 12.1 Å². The summed E-state index contributed by atoms with van der Waals surface area (Å²) in [5.74, 6) is 0.636. The largest absolute Gasteiger partial charge is 0.321 e. The molecule has 0 radical (unpaired) electrons. The third kappa shape index (κ3) is 2.57. The van der Waals surface area contributed by atoms with Crippen molar-refractivity contribution in [3.05, 3.63) is 35.6 Å². The van der Waals surface area contributed by atoms with Crippen LogP contribution >= 0.6 is 0 Å². The zero-order valence-electron chi connectivity index (χ0n) is 11.8. The van der Waals surface area contributed by atoms with Crippen LogP contribution in [0.4, 0.5) is 4.39 Å². The van der Waals surface area contributed by atoms with Gasteiger partial charge >= 0.3 is 0 Å². The molecule has 1 aliphatic heterocycles. The molecule has 108 valence electrons. The molecule has 3 rings (SSSR count). The van der Waals surface area contributed by atoms with E-state index in [-0.39, 0.29) is 23.9 Å². The van der Waals surface area contributed by atoms with Gasteiger partial charge in [0.1, 0.15) is 12.0 Å². The summed E-state index contributed by atoms with van der Waals surface area (Å²) in [6, 6.07) is 6.55. The second-order valence-electron chi connectivity index (χ2n) is 5.82. The molecule has 0 bridgehead atoms. The highest BCUT2D eigenvalue weighted by Crippen LogP contribution is 2.35. The molecule has 1 aromatic rings. The van der Waals surface area contributed by atoms with Crippen LogP contribution in [-0.4, -0.2) is 23.4 Å². The number of benzene rings is 1. The Morgan fingerprint density at radius 2 is 2.10 bits per heavy atom. The highest BCUT2D eigenvalue weighted by atomic mass is 19.1. The van der Waals surface area contributed by atoms with Crippen molar-refractivity contribution in [2.45, 2.75) is 44.8 Å². The molecule has 0 spiro atoms. The molecule has 1 amide bonds. The number of hydrogen-bond acceptors (Lipinski definition) is 2. The van der Waals surface area contributed by atoms with Crippen LogP contribution in [0.3, 0.4) is 0 Å². The molecular formula is C16H21FN2O. The van der Waals surface area contributed by atoms with Crippen LogP contribution in [0.1, 0.15) is 44.3 Å². The average Bonchev–Trinajstić information content (AvgIpc) is 3.22. The number of amides is 1. The van der Waals surface area contributed by atoms with Gasteiger partial charge < -0.3 is 4.90 Å². The molecule has 2 aliphatic rings. The van der Waals surface area contributed by atoms with Crippen molar-refractivity contribution < 1.29 is 9.18 Å². The van der Waals surface area contributed by atoms with Gasteiger partial charge in [0.25, 0.3) is 0 Å². The van der Waals surface area contributed by atoms with Crippen LogP contribution in [0.2, 0.25) is 0 Å². The van der Waals surface area contributed by atoms with Gasteiger partial charge in [-0.25, -0.2) is 4.39 Å². The standard InChI is InChI=1S/C16H21FN2O/c1-2-14-16(20)19(10-9-11-7-8-11)15(18-14)12-5-3-4-6-13(12)17/h3-6,11,14-15,18H,2,7-10H2,1H3. The first-order chi connectivity index (χ1) is 9.70. The van der Waals surface area contributed by atoms with Gasteiger partial charge in [-0.05, 0) is 24.8 Å². The van der Waals surface area contributed by atoms with Crippen LogP contribution in [0.25, 0.3) is 0 Å². The van der Waals surface area contributed by atoms with Crippen molar-refractivity contribution in [3.63, 3.8) is 0 Å². The number of carbonyl (C=O) groups is 1. The van der Waals surface area contributed by atoms with E-state index in [1.807, 2.05) is 17.9 Å². The summed E-state index contributed by atoms with van der Waals surface area (Å²) in [4.78, 5) is 14.2. The Kier molecular flexibility index (Phi) is 3.74. The van der Waals surface area contributed by atoms with Gasteiger partial charge in [-0.3, -0.25) is 10.1 Å². The van der Waals surface area contributed by atoms with Crippen LogP contribution in [0, 0.1) is 11.7 Å². The van der Waals surface area contributed by atoms with Crippen LogP contribution in [0.15, 0.2) is 24.3 Å². The zero-order chi connectivity index (χ0) is 14.1. The molecule has 1 heterocycles. The van der Waals surface area contributed by atoms with Gasteiger partial charge in [-0.2, -0.15) is 0 Å². The van der Waals surface area contributed by atoms with Crippen molar-refractivity contribution in [2.75, 3.05) is 6.54 Å². The van der Waals surface area contributed by atoms with Crippen LogP contribution in [-0.2, 0) is 4.79 Å². The molecular weight excluding hydrogens is 255 g/mol. The van der Waals surface area contributed by atoms with Crippen molar-refractivity contribution in [3.8, 4) is 0 Å². The lowest BCUT2D eigenvalue weighted by atomic mass is 10.1. The molecule has 0 aromatic heterocycles. The highest BCUT2D eigenvalue weighted by Gasteiger charge is 2.40. The monoisotopic (exact) mass is 276 g/mol. The summed E-state index contributed by atoms with van der Waals surface area (Å²) >= 11 is 0.